The Morgan fingerprint density at radius 2 is 2.22 bits per heavy atom. The fraction of sp³-hybridized carbons (Fsp3) is 1.00. The third-order valence-corrected chi connectivity index (χ3v) is 3.97. The number of rotatable bonds is 5. The standard InChI is InChI=1S/C14H28N2O2/c1-4-15-9-12-11-17-8-7-16(12)10-13-5-6-14(2,3)18-13/h12-13,15H,4-11H2,1-3H3. The lowest BCUT2D eigenvalue weighted by molar-refractivity contribution is -0.0605. The molecule has 4 heteroatoms. The molecule has 4 nitrogen and oxygen atoms in total. The lowest BCUT2D eigenvalue weighted by Gasteiger charge is -2.37. The molecule has 2 unspecified atom stereocenters. The predicted molar refractivity (Wildman–Crippen MR) is 72.9 cm³/mol. The van der Waals surface area contributed by atoms with Crippen molar-refractivity contribution in [2.45, 2.75) is 51.4 Å². The molecule has 0 aromatic carbocycles. The van der Waals surface area contributed by atoms with Crippen LogP contribution >= 0.6 is 0 Å². The molecule has 2 atom stereocenters. The number of hydrogen-bond acceptors (Lipinski definition) is 4. The van der Waals surface area contributed by atoms with Crippen molar-refractivity contribution in [3.05, 3.63) is 0 Å². The minimum atomic E-state index is 0.0775. The number of morpholine rings is 1. The molecule has 0 radical (unpaired) electrons. The van der Waals surface area contributed by atoms with Crippen molar-refractivity contribution in [3.63, 3.8) is 0 Å². The van der Waals surface area contributed by atoms with Crippen LogP contribution in [-0.2, 0) is 9.47 Å². The Bertz CT molecular complexity index is 258. The zero-order valence-electron chi connectivity index (χ0n) is 12.1. The highest BCUT2D eigenvalue weighted by Crippen LogP contribution is 2.30. The third-order valence-electron chi connectivity index (χ3n) is 3.97. The number of ether oxygens (including phenoxy) is 2. The average molecular weight is 256 g/mol. The second kappa shape index (κ2) is 6.33. The summed E-state index contributed by atoms with van der Waals surface area (Å²) < 4.78 is 11.7. The molecule has 0 saturated carbocycles. The second-order valence-electron chi connectivity index (χ2n) is 6.07. The normalized spacial score (nSPS) is 32.8. The fourth-order valence-electron chi connectivity index (χ4n) is 2.90. The lowest BCUT2D eigenvalue weighted by atomic mass is 10.1. The molecular formula is C14H28N2O2. The van der Waals surface area contributed by atoms with Gasteiger partial charge in [-0.2, -0.15) is 0 Å². The van der Waals surface area contributed by atoms with Crippen LogP contribution in [0.5, 0.6) is 0 Å². The SMILES string of the molecule is CCNCC1COCCN1CC1CCC(C)(C)O1. The summed E-state index contributed by atoms with van der Waals surface area (Å²) >= 11 is 0. The Morgan fingerprint density at radius 3 is 2.89 bits per heavy atom. The van der Waals surface area contributed by atoms with Gasteiger partial charge in [0.25, 0.3) is 0 Å². The Hall–Kier alpha value is -0.160. The Kier molecular flexibility index (Phi) is 5.01. The minimum absolute atomic E-state index is 0.0775. The lowest BCUT2D eigenvalue weighted by Crippen LogP contribution is -2.52. The van der Waals surface area contributed by atoms with E-state index in [1.165, 1.54) is 12.8 Å². The largest absolute Gasteiger partial charge is 0.378 e. The van der Waals surface area contributed by atoms with E-state index in [0.717, 1.165) is 39.4 Å². The van der Waals surface area contributed by atoms with Crippen molar-refractivity contribution in [2.75, 3.05) is 39.4 Å². The monoisotopic (exact) mass is 256 g/mol. The van der Waals surface area contributed by atoms with E-state index in [0.29, 0.717) is 12.1 Å². The highest BCUT2D eigenvalue weighted by Gasteiger charge is 2.34. The molecule has 2 heterocycles. The molecule has 18 heavy (non-hydrogen) atoms. The number of nitrogens with zero attached hydrogens (tertiary/aromatic N) is 1. The summed E-state index contributed by atoms with van der Waals surface area (Å²) in [4.78, 5) is 2.54. The maximum Gasteiger partial charge on any atom is 0.0710 e. The summed E-state index contributed by atoms with van der Waals surface area (Å²) in [5, 5.41) is 3.43. The summed E-state index contributed by atoms with van der Waals surface area (Å²) in [6.07, 6.45) is 2.78. The summed E-state index contributed by atoms with van der Waals surface area (Å²) in [5.74, 6) is 0. The molecule has 2 saturated heterocycles. The average Bonchev–Trinajstić information content (AvgIpc) is 2.68. The highest BCUT2D eigenvalue weighted by molar-refractivity contribution is 4.86. The zero-order valence-corrected chi connectivity index (χ0v) is 12.1. The first kappa shape index (κ1) is 14.3. The Balaban J connectivity index is 1.82. The van der Waals surface area contributed by atoms with Gasteiger partial charge in [0.1, 0.15) is 0 Å². The van der Waals surface area contributed by atoms with Crippen LogP contribution in [-0.4, -0.2) is 62.0 Å². The second-order valence-corrected chi connectivity index (χ2v) is 6.07. The van der Waals surface area contributed by atoms with E-state index in [1.807, 2.05) is 0 Å². The topological polar surface area (TPSA) is 33.7 Å². The van der Waals surface area contributed by atoms with Gasteiger partial charge in [-0.15, -0.1) is 0 Å². The van der Waals surface area contributed by atoms with Gasteiger partial charge >= 0.3 is 0 Å². The molecule has 0 aromatic rings. The minimum Gasteiger partial charge on any atom is -0.378 e. The molecular weight excluding hydrogens is 228 g/mol. The van der Waals surface area contributed by atoms with Gasteiger partial charge in [-0.05, 0) is 33.2 Å². The van der Waals surface area contributed by atoms with E-state index in [1.54, 1.807) is 0 Å². The van der Waals surface area contributed by atoms with Crippen LogP contribution in [0.15, 0.2) is 0 Å². The van der Waals surface area contributed by atoms with Gasteiger partial charge in [-0.1, -0.05) is 6.92 Å². The van der Waals surface area contributed by atoms with Crippen LogP contribution in [0.1, 0.15) is 33.6 Å². The van der Waals surface area contributed by atoms with Gasteiger partial charge in [-0.3, -0.25) is 4.90 Å². The van der Waals surface area contributed by atoms with Crippen LogP contribution in [0.25, 0.3) is 0 Å². The number of hydrogen-bond donors (Lipinski definition) is 1. The quantitative estimate of drug-likeness (QED) is 0.803. The van der Waals surface area contributed by atoms with E-state index in [4.69, 9.17) is 9.47 Å². The maximum atomic E-state index is 6.10. The van der Waals surface area contributed by atoms with Crippen LogP contribution in [0.3, 0.4) is 0 Å². The first-order chi connectivity index (χ1) is 8.61. The molecule has 0 aromatic heterocycles. The van der Waals surface area contributed by atoms with Gasteiger partial charge in [0, 0.05) is 25.7 Å². The summed E-state index contributed by atoms with van der Waals surface area (Å²) in [7, 11) is 0. The van der Waals surface area contributed by atoms with Crippen molar-refractivity contribution in [3.8, 4) is 0 Å². The van der Waals surface area contributed by atoms with Crippen molar-refractivity contribution >= 4 is 0 Å². The van der Waals surface area contributed by atoms with Crippen molar-refractivity contribution < 1.29 is 9.47 Å². The molecule has 106 valence electrons. The van der Waals surface area contributed by atoms with Crippen molar-refractivity contribution in [1.29, 1.82) is 0 Å². The van der Waals surface area contributed by atoms with E-state index >= 15 is 0 Å². The zero-order chi connectivity index (χ0) is 13.0. The van der Waals surface area contributed by atoms with E-state index in [9.17, 15) is 0 Å². The van der Waals surface area contributed by atoms with Gasteiger partial charge in [0.15, 0.2) is 0 Å². The number of nitrogens with one attached hydrogen (secondary N) is 1. The summed E-state index contributed by atoms with van der Waals surface area (Å²) in [5.41, 5.74) is 0.0775. The summed E-state index contributed by atoms with van der Waals surface area (Å²) in [6.45, 7) is 12.4. The van der Waals surface area contributed by atoms with E-state index < -0.39 is 0 Å². The first-order valence-electron chi connectivity index (χ1n) is 7.31. The maximum absolute atomic E-state index is 6.10. The highest BCUT2D eigenvalue weighted by atomic mass is 16.5. The van der Waals surface area contributed by atoms with Gasteiger partial charge < -0.3 is 14.8 Å². The molecule has 0 aliphatic carbocycles. The molecule has 2 fully saturated rings. The number of likely N-dealkylation sites (N-methyl/N-ethyl adjacent to an activating group) is 1. The molecule has 0 amide bonds. The van der Waals surface area contributed by atoms with Crippen molar-refractivity contribution in [2.24, 2.45) is 0 Å². The van der Waals surface area contributed by atoms with Crippen LogP contribution < -0.4 is 5.32 Å². The van der Waals surface area contributed by atoms with Gasteiger partial charge in [0.05, 0.1) is 24.9 Å². The van der Waals surface area contributed by atoms with E-state index in [-0.39, 0.29) is 5.60 Å². The smallest absolute Gasteiger partial charge is 0.0710 e. The van der Waals surface area contributed by atoms with Crippen LogP contribution in [0.4, 0.5) is 0 Å². The van der Waals surface area contributed by atoms with Crippen LogP contribution in [0.2, 0.25) is 0 Å². The fourth-order valence-corrected chi connectivity index (χ4v) is 2.90. The molecule has 2 aliphatic heterocycles. The first-order valence-corrected chi connectivity index (χ1v) is 7.31. The molecule has 0 bridgehead atoms. The van der Waals surface area contributed by atoms with Crippen LogP contribution in [0, 0.1) is 0 Å². The van der Waals surface area contributed by atoms with Gasteiger partial charge in [-0.25, -0.2) is 0 Å². The van der Waals surface area contributed by atoms with E-state index in [2.05, 4.69) is 31.0 Å². The Labute approximate surface area is 111 Å². The molecule has 1 N–H and O–H groups in total. The Morgan fingerprint density at radius 1 is 1.39 bits per heavy atom. The molecule has 0 spiro atoms. The summed E-state index contributed by atoms with van der Waals surface area (Å²) in [6, 6.07) is 0.506. The van der Waals surface area contributed by atoms with Crippen molar-refractivity contribution in [1.82, 2.24) is 10.2 Å². The predicted octanol–water partition coefficient (Wildman–Crippen LogP) is 1.25. The van der Waals surface area contributed by atoms with Gasteiger partial charge in [0.2, 0.25) is 0 Å². The molecule has 2 aliphatic rings. The molecule has 2 rings (SSSR count). The third kappa shape index (κ3) is 3.92.